The third-order valence-corrected chi connectivity index (χ3v) is 2.04. The molecule has 0 saturated carbocycles. The SMILES string of the molecule is [CH]C(C)C1COC(COC)OC1. The minimum atomic E-state index is -0.204. The lowest BCUT2D eigenvalue weighted by atomic mass is 9.97. The summed E-state index contributed by atoms with van der Waals surface area (Å²) in [6.07, 6.45) is -0.204. The first-order chi connectivity index (χ1) is 5.74. The number of hydrogen-bond acceptors (Lipinski definition) is 3. The molecule has 3 nitrogen and oxygen atoms in total. The van der Waals surface area contributed by atoms with Crippen LogP contribution in [0.3, 0.4) is 0 Å². The fourth-order valence-corrected chi connectivity index (χ4v) is 1.09. The van der Waals surface area contributed by atoms with Gasteiger partial charge in [-0.25, -0.2) is 0 Å². The molecule has 0 aromatic heterocycles. The number of rotatable bonds is 3. The van der Waals surface area contributed by atoms with Crippen molar-refractivity contribution in [1.29, 1.82) is 0 Å². The van der Waals surface area contributed by atoms with Crippen LogP contribution in [-0.4, -0.2) is 33.2 Å². The van der Waals surface area contributed by atoms with E-state index in [0.29, 0.717) is 25.7 Å². The summed E-state index contributed by atoms with van der Waals surface area (Å²) in [5.74, 6) is 0.451. The Morgan fingerprint density at radius 1 is 1.50 bits per heavy atom. The van der Waals surface area contributed by atoms with E-state index in [2.05, 4.69) is 0 Å². The largest absolute Gasteiger partial charge is 0.379 e. The van der Waals surface area contributed by atoms with Gasteiger partial charge in [-0.05, 0) is 12.8 Å². The average molecular weight is 172 g/mol. The zero-order valence-corrected chi connectivity index (χ0v) is 7.66. The lowest BCUT2D eigenvalue weighted by Crippen LogP contribution is -2.36. The van der Waals surface area contributed by atoms with Gasteiger partial charge in [-0.15, -0.1) is 0 Å². The Bertz CT molecular complexity index is 117. The van der Waals surface area contributed by atoms with E-state index in [4.69, 9.17) is 21.1 Å². The molecule has 12 heavy (non-hydrogen) atoms. The van der Waals surface area contributed by atoms with Crippen molar-refractivity contribution in [2.75, 3.05) is 26.9 Å². The molecule has 1 atom stereocenters. The molecule has 0 spiro atoms. The van der Waals surface area contributed by atoms with Gasteiger partial charge in [-0.2, -0.15) is 0 Å². The van der Waals surface area contributed by atoms with E-state index in [1.807, 2.05) is 6.92 Å². The standard InChI is InChI=1S/C9H16O3/c1-7(2)8-4-11-9(6-10-3)12-5-8/h1,7-9H,4-6H2,2-3H3. The lowest BCUT2D eigenvalue weighted by molar-refractivity contribution is -0.222. The second kappa shape index (κ2) is 4.80. The Morgan fingerprint density at radius 3 is 2.50 bits per heavy atom. The van der Waals surface area contributed by atoms with Crippen molar-refractivity contribution >= 4 is 0 Å². The molecule has 0 bridgehead atoms. The van der Waals surface area contributed by atoms with Crippen molar-refractivity contribution in [3.8, 4) is 0 Å². The van der Waals surface area contributed by atoms with E-state index >= 15 is 0 Å². The first kappa shape index (κ1) is 9.96. The molecular weight excluding hydrogens is 156 g/mol. The first-order valence-electron chi connectivity index (χ1n) is 4.21. The molecule has 0 aliphatic carbocycles. The summed E-state index contributed by atoms with van der Waals surface area (Å²) in [5, 5.41) is 0. The quantitative estimate of drug-likeness (QED) is 0.635. The van der Waals surface area contributed by atoms with E-state index in [1.54, 1.807) is 7.11 Å². The van der Waals surface area contributed by atoms with Crippen LogP contribution in [0.1, 0.15) is 6.92 Å². The molecule has 1 rings (SSSR count). The molecule has 0 aromatic carbocycles. The molecule has 0 aromatic rings. The van der Waals surface area contributed by atoms with Crippen molar-refractivity contribution in [1.82, 2.24) is 0 Å². The van der Waals surface area contributed by atoms with E-state index in [1.165, 1.54) is 0 Å². The van der Waals surface area contributed by atoms with Crippen molar-refractivity contribution in [2.45, 2.75) is 13.2 Å². The Morgan fingerprint density at radius 2 is 2.08 bits per heavy atom. The summed E-state index contributed by atoms with van der Waals surface area (Å²) in [6.45, 7) is 9.50. The molecule has 1 saturated heterocycles. The lowest BCUT2D eigenvalue weighted by Gasteiger charge is -2.30. The zero-order chi connectivity index (χ0) is 8.97. The van der Waals surface area contributed by atoms with Crippen LogP contribution in [0.5, 0.6) is 0 Å². The van der Waals surface area contributed by atoms with Crippen molar-refractivity contribution in [3.63, 3.8) is 0 Å². The van der Waals surface area contributed by atoms with Gasteiger partial charge in [-0.1, -0.05) is 6.92 Å². The molecule has 3 heteroatoms. The Balaban J connectivity index is 2.20. The predicted octanol–water partition coefficient (Wildman–Crippen LogP) is 0.969. The van der Waals surface area contributed by atoms with Gasteiger partial charge in [0.1, 0.15) is 0 Å². The second-order valence-corrected chi connectivity index (χ2v) is 3.17. The van der Waals surface area contributed by atoms with Gasteiger partial charge < -0.3 is 14.2 Å². The summed E-state index contributed by atoms with van der Waals surface area (Å²) in [7, 11) is 1.63. The third-order valence-electron chi connectivity index (χ3n) is 2.04. The average Bonchev–Trinajstić information content (AvgIpc) is 2.06. The summed E-state index contributed by atoms with van der Waals surface area (Å²) in [5.41, 5.74) is 0. The van der Waals surface area contributed by atoms with Gasteiger partial charge in [-0.3, -0.25) is 0 Å². The highest BCUT2D eigenvalue weighted by Crippen LogP contribution is 2.18. The van der Waals surface area contributed by atoms with Gasteiger partial charge >= 0.3 is 0 Å². The van der Waals surface area contributed by atoms with E-state index in [9.17, 15) is 0 Å². The van der Waals surface area contributed by atoms with Crippen LogP contribution in [0.4, 0.5) is 0 Å². The highest BCUT2D eigenvalue weighted by molar-refractivity contribution is 4.70. The third kappa shape index (κ3) is 2.73. The summed E-state index contributed by atoms with van der Waals surface area (Å²) >= 11 is 0. The highest BCUT2D eigenvalue weighted by atomic mass is 16.7. The zero-order valence-electron chi connectivity index (χ0n) is 7.66. The van der Waals surface area contributed by atoms with Gasteiger partial charge in [0.25, 0.3) is 0 Å². The molecular formula is C9H16O3. The molecule has 70 valence electrons. The van der Waals surface area contributed by atoms with Crippen molar-refractivity contribution in [3.05, 3.63) is 6.92 Å². The number of hydrogen-bond donors (Lipinski definition) is 0. The van der Waals surface area contributed by atoms with E-state index in [0.717, 1.165) is 0 Å². The minimum absolute atomic E-state index is 0.133. The number of ether oxygens (including phenoxy) is 3. The van der Waals surface area contributed by atoms with E-state index < -0.39 is 0 Å². The van der Waals surface area contributed by atoms with Gasteiger partial charge in [0.2, 0.25) is 0 Å². The van der Waals surface area contributed by atoms with Crippen LogP contribution in [-0.2, 0) is 14.2 Å². The molecule has 1 aliphatic rings. The summed E-state index contributed by atoms with van der Waals surface area (Å²) < 4.78 is 15.6. The maximum absolute atomic E-state index is 5.70. The molecule has 0 N–H and O–H groups in total. The molecule has 1 aliphatic heterocycles. The maximum atomic E-state index is 5.70. The summed E-state index contributed by atoms with van der Waals surface area (Å²) in [4.78, 5) is 0. The highest BCUT2D eigenvalue weighted by Gasteiger charge is 2.23. The number of methoxy groups -OCH3 is 1. The summed E-state index contributed by atoms with van der Waals surface area (Å²) in [6, 6.07) is 0. The molecule has 2 radical (unpaired) electrons. The molecule has 0 amide bonds. The fraction of sp³-hybridized carbons (Fsp3) is 0.889. The molecule has 1 heterocycles. The first-order valence-corrected chi connectivity index (χ1v) is 4.21. The van der Waals surface area contributed by atoms with Crippen molar-refractivity contribution < 1.29 is 14.2 Å². The van der Waals surface area contributed by atoms with Crippen LogP contribution < -0.4 is 0 Å². The van der Waals surface area contributed by atoms with Crippen LogP contribution in [0, 0.1) is 18.8 Å². The fourth-order valence-electron chi connectivity index (χ4n) is 1.09. The molecule has 1 fully saturated rings. The Labute approximate surface area is 74.0 Å². The monoisotopic (exact) mass is 172 g/mol. The van der Waals surface area contributed by atoms with Crippen molar-refractivity contribution in [2.24, 2.45) is 11.8 Å². The van der Waals surface area contributed by atoms with Crippen LogP contribution in [0.2, 0.25) is 0 Å². The van der Waals surface area contributed by atoms with Crippen LogP contribution in [0.15, 0.2) is 0 Å². The predicted molar refractivity (Wildman–Crippen MR) is 44.5 cm³/mol. The van der Waals surface area contributed by atoms with Gasteiger partial charge in [0.15, 0.2) is 6.29 Å². The Kier molecular flexibility index (Phi) is 3.98. The normalized spacial score (nSPS) is 31.0. The molecule has 1 unspecified atom stereocenters. The smallest absolute Gasteiger partial charge is 0.180 e. The van der Waals surface area contributed by atoms with Crippen LogP contribution >= 0.6 is 0 Å². The topological polar surface area (TPSA) is 27.7 Å². The second-order valence-electron chi connectivity index (χ2n) is 3.17. The van der Waals surface area contributed by atoms with E-state index in [-0.39, 0.29) is 12.2 Å². The van der Waals surface area contributed by atoms with Gasteiger partial charge in [0, 0.05) is 13.0 Å². The maximum Gasteiger partial charge on any atom is 0.180 e. The van der Waals surface area contributed by atoms with Gasteiger partial charge in [0.05, 0.1) is 19.8 Å². The Hall–Kier alpha value is -0.120. The van der Waals surface area contributed by atoms with Crippen LogP contribution in [0.25, 0.3) is 0 Å². The minimum Gasteiger partial charge on any atom is -0.379 e.